The SMILES string of the molecule is CC(C(=O)C(F)(F)F)c1nc(-c2ccc(Br)cc2)no1. The van der Waals surface area contributed by atoms with E-state index in [1.165, 1.54) is 0 Å². The zero-order valence-electron chi connectivity index (χ0n) is 10.1. The zero-order chi connectivity index (χ0) is 14.9. The Labute approximate surface area is 120 Å². The standard InChI is InChI=1S/C12H8BrF3N2O2/c1-6(9(19)12(14,15)16)11-17-10(18-20-11)7-2-4-8(13)5-3-7/h2-6H,1H3. The van der Waals surface area contributed by atoms with Crippen LogP contribution < -0.4 is 0 Å². The van der Waals surface area contributed by atoms with Gasteiger partial charge in [0, 0.05) is 10.0 Å². The molecule has 0 saturated carbocycles. The van der Waals surface area contributed by atoms with Crippen molar-refractivity contribution in [2.45, 2.75) is 19.0 Å². The van der Waals surface area contributed by atoms with E-state index in [9.17, 15) is 18.0 Å². The molecule has 0 aliphatic heterocycles. The van der Waals surface area contributed by atoms with Gasteiger partial charge in [0.15, 0.2) is 0 Å². The topological polar surface area (TPSA) is 56.0 Å². The van der Waals surface area contributed by atoms with Gasteiger partial charge in [-0.2, -0.15) is 18.2 Å². The summed E-state index contributed by atoms with van der Waals surface area (Å²) in [7, 11) is 0. The van der Waals surface area contributed by atoms with Crippen molar-refractivity contribution in [2.24, 2.45) is 0 Å². The van der Waals surface area contributed by atoms with Crippen molar-refractivity contribution in [1.82, 2.24) is 10.1 Å². The molecule has 0 N–H and O–H groups in total. The summed E-state index contributed by atoms with van der Waals surface area (Å²) >= 11 is 3.25. The lowest BCUT2D eigenvalue weighted by atomic mass is 10.1. The summed E-state index contributed by atoms with van der Waals surface area (Å²) in [4.78, 5) is 14.9. The van der Waals surface area contributed by atoms with Crippen LogP contribution in [0.5, 0.6) is 0 Å². The predicted octanol–water partition coefficient (Wildman–Crippen LogP) is 3.73. The number of hydrogen-bond acceptors (Lipinski definition) is 4. The third kappa shape index (κ3) is 3.06. The number of carbonyl (C=O) groups excluding carboxylic acids is 1. The summed E-state index contributed by atoms with van der Waals surface area (Å²) in [5.41, 5.74) is 0.579. The lowest BCUT2D eigenvalue weighted by Gasteiger charge is -2.08. The smallest absolute Gasteiger partial charge is 0.338 e. The van der Waals surface area contributed by atoms with Crippen molar-refractivity contribution >= 4 is 21.7 Å². The summed E-state index contributed by atoms with van der Waals surface area (Å²) in [5, 5.41) is 3.58. The molecule has 0 fully saturated rings. The Morgan fingerprint density at radius 3 is 2.45 bits per heavy atom. The molecule has 1 atom stereocenters. The van der Waals surface area contributed by atoms with Crippen molar-refractivity contribution in [3.05, 3.63) is 34.6 Å². The fourth-order valence-corrected chi connectivity index (χ4v) is 1.75. The highest BCUT2D eigenvalue weighted by molar-refractivity contribution is 9.10. The van der Waals surface area contributed by atoms with Crippen molar-refractivity contribution < 1.29 is 22.5 Å². The van der Waals surface area contributed by atoms with Crippen LogP contribution in [0.1, 0.15) is 18.7 Å². The average molecular weight is 349 g/mol. The van der Waals surface area contributed by atoms with Crippen LogP contribution in [0, 0.1) is 0 Å². The second-order valence-corrected chi connectivity index (χ2v) is 4.96. The first kappa shape index (κ1) is 14.7. The van der Waals surface area contributed by atoms with E-state index in [4.69, 9.17) is 4.52 Å². The van der Waals surface area contributed by atoms with E-state index < -0.39 is 17.9 Å². The molecule has 0 radical (unpaired) electrons. The van der Waals surface area contributed by atoms with Crippen LogP contribution in [-0.2, 0) is 4.79 Å². The molecule has 0 spiro atoms. The molecule has 2 aromatic rings. The number of ketones is 1. The van der Waals surface area contributed by atoms with Gasteiger partial charge in [-0.25, -0.2) is 0 Å². The maximum absolute atomic E-state index is 12.3. The highest BCUT2D eigenvalue weighted by Gasteiger charge is 2.44. The fourth-order valence-electron chi connectivity index (χ4n) is 1.48. The Balaban J connectivity index is 2.25. The number of aromatic nitrogens is 2. The number of nitrogens with zero attached hydrogens (tertiary/aromatic N) is 2. The largest absolute Gasteiger partial charge is 0.450 e. The summed E-state index contributed by atoms with van der Waals surface area (Å²) < 4.78 is 42.5. The molecule has 8 heteroatoms. The molecular formula is C12H8BrF3N2O2. The highest BCUT2D eigenvalue weighted by Crippen LogP contribution is 2.28. The Hall–Kier alpha value is -1.70. The Bertz CT molecular complexity index is 622. The number of benzene rings is 1. The summed E-state index contributed by atoms with van der Waals surface area (Å²) in [6.45, 7) is 1.08. The quantitative estimate of drug-likeness (QED) is 0.847. The zero-order valence-corrected chi connectivity index (χ0v) is 11.7. The molecule has 0 saturated heterocycles. The minimum atomic E-state index is -4.92. The van der Waals surface area contributed by atoms with Gasteiger partial charge in [0.1, 0.15) is 5.92 Å². The molecule has 4 nitrogen and oxygen atoms in total. The van der Waals surface area contributed by atoms with Gasteiger partial charge in [-0.3, -0.25) is 4.79 Å². The Kier molecular flexibility index (Phi) is 3.94. The van der Waals surface area contributed by atoms with Crippen LogP contribution >= 0.6 is 15.9 Å². The average Bonchev–Trinajstić information content (AvgIpc) is 2.86. The van der Waals surface area contributed by atoms with Crippen molar-refractivity contribution in [3.63, 3.8) is 0 Å². The van der Waals surface area contributed by atoms with Crippen LogP contribution in [0.25, 0.3) is 11.4 Å². The number of Topliss-reactive ketones (excluding diaryl/α,β-unsaturated/α-hetero) is 1. The van der Waals surface area contributed by atoms with E-state index in [0.717, 1.165) is 11.4 Å². The van der Waals surface area contributed by atoms with E-state index in [2.05, 4.69) is 26.1 Å². The molecule has 0 aliphatic rings. The van der Waals surface area contributed by atoms with E-state index in [1.54, 1.807) is 24.3 Å². The maximum atomic E-state index is 12.3. The number of rotatable bonds is 3. The minimum Gasteiger partial charge on any atom is -0.338 e. The lowest BCUT2D eigenvalue weighted by molar-refractivity contribution is -0.172. The van der Waals surface area contributed by atoms with Gasteiger partial charge in [0.2, 0.25) is 17.5 Å². The summed E-state index contributed by atoms with van der Waals surface area (Å²) in [6, 6.07) is 6.81. The molecule has 0 aliphatic carbocycles. The molecule has 0 amide bonds. The summed E-state index contributed by atoms with van der Waals surface area (Å²) in [6.07, 6.45) is -4.92. The van der Waals surface area contributed by atoms with E-state index in [-0.39, 0.29) is 11.7 Å². The molecule has 1 unspecified atom stereocenters. The first-order chi connectivity index (χ1) is 9.29. The van der Waals surface area contributed by atoms with Gasteiger partial charge in [0.05, 0.1) is 0 Å². The van der Waals surface area contributed by atoms with Crippen LogP contribution in [0.4, 0.5) is 13.2 Å². The molecule has 1 aromatic carbocycles. The van der Waals surface area contributed by atoms with Gasteiger partial charge in [-0.15, -0.1) is 0 Å². The molecule has 20 heavy (non-hydrogen) atoms. The van der Waals surface area contributed by atoms with Gasteiger partial charge >= 0.3 is 6.18 Å². The number of carbonyl (C=O) groups is 1. The normalized spacial score (nSPS) is 13.2. The molecule has 0 bridgehead atoms. The molecule has 1 aromatic heterocycles. The molecule has 2 rings (SSSR count). The molecule has 1 heterocycles. The highest BCUT2D eigenvalue weighted by atomic mass is 79.9. The van der Waals surface area contributed by atoms with Gasteiger partial charge < -0.3 is 4.52 Å². The van der Waals surface area contributed by atoms with Crippen LogP contribution in [-0.4, -0.2) is 22.1 Å². The first-order valence-corrected chi connectivity index (χ1v) is 6.29. The van der Waals surface area contributed by atoms with Crippen LogP contribution in [0.3, 0.4) is 0 Å². The second-order valence-electron chi connectivity index (χ2n) is 4.05. The van der Waals surface area contributed by atoms with Gasteiger partial charge in [-0.05, 0) is 31.2 Å². The number of hydrogen-bond donors (Lipinski definition) is 0. The van der Waals surface area contributed by atoms with Crippen LogP contribution in [0.2, 0.25) is 0 Å². The van der Waals surface area contributed by atoms with Crippen molar-refractivity contribution in [3.8, 4) is 11.4 Å². The first-order valence-electron chi connectivity index (χ1n) is 5.49. The lowest BCUT2D eigenvalue weighted by Crippen LogP contribution is -2.27. The fraction of sp³-hybridized carbons (Fsp3) is 0.250. The maximum Gasteiger partial charge on any atom is 0.450 e. The Morgan fingerprint density at radius 2 is 1.90 bits per heavy atom. The predicted molar refractivity (Wildman–Crippen MR) is 66.9 cm³/mol. The summed E-state index contributed by atoms with van der Waals surface area (Å²) in [5.74, 6) is -3.66. The third-order valence-corrected chi connectivity index (χ3v) is 3.12. The van der Waals surface area contributed by atoms with E-state index in [1.807, 2.05) is 0 Å². The Morgan fingerprint density at radius 1 is 1.30 bits per heavy atom. The third-order valence-electron chi connectivity index (χ3n) is 2.59. The van der Waals surface area contributed by atoms with Gasteiger partial charge in [-0.1, -0.05) is 21.1 Å². The molecule has 106 valence electrons. The van der Waals surface area contributed by atoms with E-state index in [0.29, 0.717) is 5.56 Å². The van der Waals surface area contributed by atoms with Crippen molar-refractivity contribution in [2.75, 3.05) is 0 Å². The van der Waals surface area contributed by atoms with E-state index >= 15 is 0 Å². The second kappa shape index (κ2) is 5.35. The minimum absolute atomic E-state index is 0.134. The van der Waals surface area contributed by atoms with Gasteiger partial charge in [0.25, 0.3) is 0 Å². The van der Waals surface area contributed by atoms with Crippen molar-refractivity contribution in [1.29, 1.82) is 0 Å². The monoisotopic (exact) mass is 348 g/mol. The number of alkyl halides is 3. The molecular weight excluding hydrogens is 341 g/mol. The number of halogens is 4. The van der Waals surface area contributed by atoms with Crippen LogP contribution in [0.15, 0.2) is 33.3 Å².